The molecule has 1 aromatic heterocycles. The van der Waals surface area contributed by atoms with Crippen LogP contribution in [0.15, 0.2) is 10.5 Å². The molecule has 0 bridgehead atoms. The number of hydrogen-bond acceptors (Lipinski definition) is 6. The molecule has 106 valence electrons. The van der Waals surface area contributed by atoms with Crippen molar-refractivity contribution in [3.63, 3.8) is 0 Å². The number of rotatable bonds is 4. The van der Waals surface area contributed by atoms with Crippen molar-refractivity contribution in [2.75, 3.05) is 31.1 Å². The van der Waals surface area contributed by atoms with Crippen LogP contribution in [0, 0.1) is 6.92 Å². The van der Waals surface area contributed by atoms with E-state index in [9.17, 15) is 0 Å². The summed E-state index contributed by atoms with van der Waals surface area (Å²) < 4.78 is 0. The van der Waals surface area contributed by atoms with Gasteiger partial charge in [-0.25, -0.2) is 4.98 Å². The SMILES string of the molecule is CCC(C(N)=NO)N1CCN(c2nc(C)cs2)CC1. The van der Waals surface area contributed by atoms with E-state index in [0.717, 1.165) is 43.4 Å². The Kier molecular flexibility index (Phi) is 4.60. The quantitative estimate of drug-likeness (QED) is 0.374. The first-order valence-electron chi connectivity index (χ1n) is 6.54. The van der Waals surface area contributed by atoms with E-state index in [-0.39, 0.29) is 6.04 Å². The van der Waals surface area contributed by atoms with Gasteiger partial charge in [-0.2, -0.15) is 0 Å². The number of aryl methyl sites for hydroxylation is 1. The van der Waals surface area contributed by atoms with Crippen molar-refractivity contribution >= 4 is 22.3 Å². The second kappa shape index (κ2) is 6.21. The number of amidine groups is 1. The molecule has 3 N–H and O–H groups in total. The zero-order valence-electron chi connectivity index (χ0n) is 11.4. The highest BCUT2D eigenvalue weighted by molar-refractivity contribution is 7.13. The smallest absolute Gasteiger partial charge is 0.185 e. The maximum absolute atomic E-state index is 8.82. The van der Waals surface area contributed by atoms with Crippen molar-refractivity contribution in [3.05, 3.63) is 11.1 Å². The lowest BCUT2D eigenvalue weighted by atomic mass is 10.1. The fraction of sp³-hybridized carbons (Fsp3) is 0.667. The third kappa shape index (κ3) is 3.16. The first-order chi connectivity index (χ1) is 9.15. The topological polar surface area (TPSA) is 78.0 Å². The molecule has 0 spiro atoms. The summed E-state index contributed by atoms with van der Waals surface area (Å²) in [6.45, 7) is 7.76. The van der Waals surface area contributed by atoms with Crippen molar-refractivity contribution in [1.29, 1.82) is 0 Å². The molecule has 1 atom stereocenters. The van der Waals surface area contributed by atoms with Gasteiger partial charge in [-0.3, -0.25) is 4.90 Å². The molecule has 1 aliphatic heterocycles. The number of nitrogens with two attached hydrogens (primary N) is 1. The Hall–Kier alpha value is -1.34. The predicted molar refractivity (Wildman–Crippen MR) is 78.1 cm³/mol. The summed E-state index contributed by atoms with van der Waals surface area (Å²) in [5, 5.41) is 15.1. The monoisotopic (exact) mass is 283 g/mol. The fourth-order valence-corrected chi connectivity index (χ4v) is 3.29. The normalized spacial score (nSPS) is 19.7. The van der Waals surface area contributed by atoms with Gasteiger partial charge in [0.15, 0.2) is 11.0 Å². The summed E-state index contributed by atoms with van der Waals surface area (Å²) in [5.41, 5.74) is 6.82. The molecule has 0 radical (unpaired) electrons. The van der Waals surface area contributed by atoms with E-state index in [1.54, 1.807) is 11.3 Å². The predicted octanol–water partition coefficient (Wildman–Crippen LogP) is 1.10. The van der Waals surface area contributed by atoms with Gasteiger partial charge in [0.25, 0.3) is 0 Å². The van der Waals surface area contributed by atoms with Crippen molar-refractivity contribution in [1.82, 2.24) is 9.88 Å². The Morgan fingerprint density at radius 1 is 1.53 bits per heavy atom. The molecule has 0 saturated carbocycles. The lowest BCUT2D eigenvalue weighted by molar-refractivity contribution is 0.216. The molecule has 0 aromatic carbocycles. The van der Waals surface area contributed by atoms with Crippen molar-refractivity contribution in [2.24, 2.45) is 10.9 Å². The first kappa shape index (κ1) is 14.1. The van der Waals surface area contributed by atoms with Gasteiger partial charge in [0, 0.05) is 31.6 Å². The maximum Gasteiger partial charge on any atom is 0.185 e. The number of aromatic nitrogens is 1. The van der Waals surface area contributed by atoms with Gasteiger partial charge in [-0.1, -0.05) is 12.1 Å². The minimum atomic E-state index is 0.0326. The number of oxime groups is 1. The van der Waals surface area contributed by atoms with Gasteiger partial charge >= 0.3 is 0 Å². The summed E-state index contributed by atoms with van der Waals surface area (Å²) in [4.78, 5) is 9.08. The Bertz CT molecular complexity index is 439. The van der Waals surface area contributed by atoms with E-state index in [4.69, 9.17) is 10.9 Å². The zero-order chi connectivity index (χ0) is 13.8. The second-order valence-electron chi connectivity index (χ2n) is 4.74. The van der Waals surface area contributed by atoms with Gasteiger partial charge in [0.2, 0.25) is 0 Å². The fourth-order valence-electron chi connectivity index (χ4n) is 2.43. The number of thiazole rings is 1. The van der Waals surface area contributed by atoms with Crippen molar-refractivity contribution < 1.29 is 5.21 Å². The molecule has 1 aromatic rings. The number of hydrogen-bond donors (Lipinski definition) is 2. The van der Waals surface area contributed by atoms with E-state index < -0.39 is 0 Å². The van der Waals surface area contributed by atoms with Gasteiger partial charge < -0.3 is 15.8 Å². The molecule has 1 unspecified atom stereocenters. The first-order valence-corrected chi connectivity index (χ1v) is 7.42. The van der Waals surface area contributed by atoms with Crippen molar-refractivity contribution in [2.45, 2.75) is 26.3 Å². The molecule has 19 heavy (non-hydrogen) atoms. The number of anilines is 1. The van der Waals surface area contributed by atoms with Crippen LogP contribution < -0.4 is 10.6 Å². The number of nitrogens with zero attached hydrogens (tertiary/aromatic N) is 4. The van der Waals surface area contributed by atoms with Crippen LogP contribution in [0.3, 0.4) is 0 Å². The van der Waals surface area contributed by atoms with Crippen LogP contribution in [0.25, 0.3) is 0 Å². The van der Waals surface area contributed by atoms with Gasteiger partial charge in [-0.05, 0) is 13.3 Å². The summed E-state index contributed by atoms with van der Waals surface area (Å²) in [7, 11) is 0. The van der Waals surface area contributed by atoms with E-state index >= 15 is 0 Å². The van der Waals surface area contributed by atoms with Crippen LogP contribution >= 0.6 is 11.3 Å². The summed E-state index contributed by atoms with van der Waals surface area (Å²) in [5.74, 6) is 0.307. The Morgan fingerprint density at radius 3 is 2.68 bits per heavy atom. The molecule has 1 fully saturated rings. The van der Waals surface area contributed by atoms with Crippen LogP contribution in [-0.2, 0) is 0 Å². The molecular formula is C12H21N5OS. The Morgan fingerprint density at radius 2 is 2.21 bits per heavy atom. The molecule has 1 aliphatic rings. The van der Waals surface area contributed by atoms with Crippen LogP contribution in [0.4, 0.5) is 5.13 Å². The second-order valence-corrected chi connectivity index (χ2v) is 5.58. The average molecular weight is 283 g/mol. The molecule has 2 heterocycles. The lowest BCUT2D eigenvalue weighted by Crippen LogP contribution is -2.54. The highest BCUT2D eigenvalue weighted by Gasteiger charge is 2.26. The molecule has 2 rings (SSSR count). The third-order valence-corrected chi connectivity index (χ3v) is 4.50. The molecule has 1 saturated heterocycles. The Balaban J connectivity index is 1.95. The van der Waals surface area contributed by atoms with Crippen LogP contribution in [0.2, 0.25) is 0 Å². The highest BCUT2D eigenvalue weighted by atomic mass is 32.1. The van der Waals surface area contributed by atoms with E-state index in [2.05, 4.69) is 32.2 Å². The minimum Gasteiger partial charge on any atom is -0.409 e. The van der Waals surface area contributed by atoms with Crippen LogP contribution in [0.5, 0.6) is 0 Å². The summed E-state index contributed by atoms with van der Waals surface area (Å²) >= 11 is 1.69. The number of piperazine rings is 1. The van der Waals surface area contributed by atoms with Gasteiger partial charge in [0.05, 0.1) is 11.7 Å². The van der Waals surface area contributed by atoms with Crippen LogP contribution in [-0.4, -0.2) is 53.1 Å². The minimum absolute atomic E-state index is 0.0326. The molecule has 0 amide bonds. The largest absolute Gasteiger partial charge is 0.409 e. The van der Waals surface area contributed by atoms with Crippen LogP contribution in [0.1, 0.15) is 19.0 Å². The van der Waals surface area contributed by atoms with E-state index in [0.29, 0.717) is 5.84 Å². The summed E-state index contributed by atoms with van der Waals surface area (Å²) in [6.07, 6.45) is 0.853. The molecule has 6 nitrogen and oxygen atoms in total. The maximum atomic E-state index is 8.82. The van der Waals surface area contributed by atoms with E-state index in [1.807, 2.05) is 6.92 Å². The zero-order valence-corrected chi connectivity index (χ0v) is 12.2. The molecular weight excluding hydrogens is 262 g/mol. The molecule has 0 aliphatic carbocycles. The van der Waals surface area contributed by atoms with Gasteiger partial charge in [-0.15, -0.1) is 11.3 Å². The standard InChI is InChI=1S/C12H21N5OS/c1-3-10(11(13)15-18)16-4-6-17(7-5-16)12-14-9(2)8-19-12/h8,10,18H,3-7H2,1-2H3,(H2,13,15). The highest BCUT2D eigenvalue weighted by Crippen LogP contribution is 2.22. The van der Waals surface area contributed by atoms with Crippen molar-refractivity contribution in [3.8, 4) is 0 Å². The third-order valence-electron chi connectivity index (χ3n) is 3.48. The summed E-state index contributed by atoms with van der Waals surface area (Å²) in [6, 6.07) is 0.0326. The van der Waals surface area contributed by atoms with Gasteiger partial charge in [0.1, 0.15) is 0 Å². The Labute approximate surface area is 117 Å². The average Bonchev–Trinajstić information content (AvgIpc) is 2.87. The van der Waals surface area contributed by atoms with E-state index in [1.165, 1.54) is 0 Å². The lowest BCUT2D eigenvalue weighted by Gasteiger charge is -2.38. The molecule has 7 heteroatoms.